The molecule has 2 aromatic rings. The summed E-state index contributed by atoms with van der Waals surface area (Å²) in [5.41, 5.74) is 0.685. The lowest BCUT2D eigenvalue weighted by atomic mass is 10.1. The van der Waals surface area contributed by atoms with Crippen LogP contribution in [0.4, 0.5) is 0 Å². The smallest absolute Gasteiger partial charge is 0.163 e. The molecule has 0 saturated heterocycles. The van der Waals surface area contributed by atoms with Crippen molar-refractivity contribution in [3.05, 3.63) is 45.4 Å². The molecule has 3 nitrogen and oxygen atoms in total. The van der Waals surface area contributed by atoms with E-state index in [1.807, 2.05) is 32.9 Å². The molecular weight excluding hydrogens is 331 g/mol. The summed E-state index contributed by atoms with van der Waals surface area (Å²) >= 11 is 18.6. The Kier molecular flexibility index (Phi) is 5.10. The Bertz CT molecular complexity index is 636. The molecule has 1 heterocycles. The van der Waals surface area contributed by atoms with E-state index in [0.29, 0.717) is 23.0 Å². The van der Waals surface area contributed by atoms with Crippen LogP contribution >= 0.6 is 34.8 Å². The van der Waals surface area contributed by atoms with Gasteiger partial charge in [-0.3, -0.25) is 0 Å². The maximum atomic E-state index is 6.29. The molecule has 6 heteroatoms. The van der Waals surface area contributed by atoms with E-state index in [2.05, 4.69) is 9.97 Å². The van der Waals surface area contributed by atoms with Crippen LogP contribution in [0.5, 0.6) is 0 Å². The molecule has 0 saturated carbocycles. The fourth-order valence-corrected chi connectivity index (χ4v) is 2.78. The molecule has 0 unspecified atom stereocenters. The van der Waals surface area contributed by atoms with Crippen LogP contribution in [0.3, 0.4) is 0 Å². The predicted octanol–water partition coefficient (Wildman–Crippen LogP) is 5.38. The Labute approximate surface area is 139 Å². The zero-order valence-electron chi connectivity index (χ0n) is 12.0. The minimum absolute atomic E-state index is 0.278. The zero-order valence-corrected chi connectivity index (χ0v) is 14.2. The molecule has 0 radical (unpaired) electrons. The molecule has 0 fully saturated rings. The molecule has 0 atom stereocenters. The van der Waals surface area contributed by atoms with Gasteiger partial charge in [-0.1, -0.05) is 46.9 Å². The molecule has 2 rings (SSSR count). The molecule has 0 aliphatic heterocycles. The second-order valence-corrected chi connectivity index (χ2v) is 6.11. The molecule has 0 N–H and O–H groups in total. The summed E-state index contributed by atoms with van der Waals surface area (Å²) in [5, 5.41) is 1.15. The Morgan fingerprint density at radius 3 is 2.24 bits per heavy atom. The number of ether oxygens (including phenoxy) is 1. The monoisotopic (exact) mass is 344 g/mol. The van der Waals surface area contributed by atoms with Gasteiger partial charge in [-0.15, -0.1) is 0 Å². The minimum atomic E-state index is -0.658. The fraction of sp³-hybridized carbons (Fsp3) is 0.333. The van der Waals surface area contributed by atoms with E-state index < -0.39 is 5.60 Å². The van der Waals surface area contributed by atoms with Gasteiger partial charge in [-0.05, 0) is 38.5 Å². The lowest BCUT2D eigenvalue weighted by molar-refractivity contribution is -0.0207. The summed E-state index contributed by atoms with van der Waals surface area (Å²) in [6.07, 6.45) is 0. The van der Waals surface area contributed by atoms with Crippen LogP contribution in [-0.2, 0) is 10.3 Å². The van der Waals surface area contributed by atoms with Gasteiger partial charge in [0.25, 0.3) is 0 Å². The average Bonchev–Trinajstić information content (AvgIpc) is 2.37. The highest BCUT2D eigenvalue weighted by Gasteiger charge is 2.27. The lowest BCUT2D eigenvalue weighted by Crippen LogP contribution is -2.25. The van der Waals surface area contributed by atoms with Gasteiger partial charge in [-0.2, -0.15) is 0 Å². The molecule has 1 aromatic carbocycles. The highest BCUT2D eigenvalue weighted by molar-refractivity contribution is 6.38. The van der Waals surface area contributed by atoms with Crippen molar-refractivity contribution < 1.29 is 4.74 Å². The van der Waals surface area contributed by atoms with Gasteiger partial charge in [0, 0.05) is 11.6 Å². The number of hydrogen-bond donors (Lipinski definition) is 0. The van der Waals surface area contributed by atoms with E-state index >= 15 is 0 Å². The third kappa shape index (κ3) is 3.67. The van der Waals surface area contributed by atoms with Crippen LogP contribution in [-0.4, -0.2) is 16.6 Å². The van der Waals surface area contributed by atoms with Crippen molar-refractivity contribution in [2.45, 2.75) is 26.4 Å². The number of rotatable bonds is 4. The molecule has 0 amide bonds. The average molecular weight is 346 g/mol. The van der Waals surface area contributed by atoms with Crippen molar-refractivity contribution >= 4 is 34.8 Å². The quantitative estimate of drug-likeness (QED) is 0.698. The molecule has 112 valence electrons. The molecule has 0 aliphatic carbocycles. The Morgan fingerprint density at radius 1 is 1.10 bits per heavy atom. The Hall–Kier alpha value is -0.870. The lowest BCUT2D eigenvalue weighted by Gasteiger charge is -2.23. The Balaban J connectivity index is 2.52. The molecule has 0 aliphatic rings. The van der Waals surface area contributed by atoms with Crippen molar-refractivity contribution in [3.8, 4) is 11.1 Å². The Morgan fingerprint density at radius 2 is 1.71 bits per heavy atom. The van der Waals surface area contributed by atoms with Gasteiger partial charge >= 0.3 is 0 Å². The summed E-state index contributed by atoms with van der Waals surface area (Å²) in [6, 6.07) is 7.23. The standard InChI is InChI=1S/C15H15Cl3N2O/c1-4-21-15(2,3)14-19-12(17)11(13(18)20-14)9-6-5-7-10(16)8-9/h5-8H,4H2,1-3H3. The van der Waals surface area contributed by atoms with Crippen LogP contribution < -0.4 is 0 Å². The minimum Gasteiger partial charge on any atom is -0.368 e. The topological polar surface area (TPSA) is 35.0 Å². The van der Waals surface area contributed by atoms with E-state index in [0.717, 1.165) is 5.56 Å². The number of nitrogens with zero attached hydrogens (tertiary/aromatic N) is 2. The van der Waals surface area contributed by atoms with Crippen LogP contribution in [0.25, 0.3) is 11.1 Å². The van der Waals surface area contributed by atoms with Gasteiger partial charge in [0.15, 0.2) is 5.82 Å². The van der Waals surface area contributed by atoms with Crippen molar-refractivity contribution in [1.82, 2.24) is 9.97 Å². The maximum Gasteiger partial charge on any atom is 0.163 e. The molecule has 21 heavy (non-hydrogen) atoms. The van der Waals surface area contributed by atoms with Crippen LogP contribution in [0.1, 0.15) is 26.6 Å². The summed E-state index contributed by atoms with van der Waals surface area (Å²) in [5.74, 6) is 0.449. The molecule has 0 spiro atoms. The fourth-order valence-electron chi connectivity index (χ4n) is 1.98. The van der Waals surface area contributed by atoms with Crippen molar-refractivity contribution in [2.24, 2.45) is 0 Å². The molecule has 1 aromatic heterocycles. The second-order valence-electron chi connectivity index (χ2n) is 4.96. The highest BCUT2D eigenvalue weighted by atomic mass is 35.5. The summed E-state index contributed by atoms with van der Waals surface area (Å²) < 4.78 is 5.63. The van der Waals surface area contributed by atoms with Crippen LogP contribution in [0.2, 0.25) is 15.3 Å². The summed E-state index contributed by atoms with van der Waals surface area (Å²) in [4.78, 5) is 8.66. The summed E-state index contributed by atoms with van der Waals surface area (Å²) in [6.45, 7) is 6.20. The van der Waals surface area contributed by atoms with E-state index in [1.54, 1.807) is 12.1 Å². The van der Waals surface area contributed by atoms with Crippen molar-refractivity contribution in [2.75, 3.05) is 6.61 Å². The number of benzene rings is 1. The zero-order chi connectivity index (χ0) is 15.6. The van der Waals surface area contributed by atoms with Gasteiger partial charge in [0.05, 0.1) is 5.56 Å². The molecule has 0 bridgehead atoms. The van der Waals surface area contributed by atoms with Crippen molar-refractivity contribution in [3.63, 3.8) is 0 Å². The van der Waals surface area contributed by atoms with Crippen LogP contribution in [0.15, 0.2) is 24.3 Å². The van der Waals surface area contributed by atoms with E-state index in [9.17, 15) is 0 Å². The molecular formula is C15H15Cl3N2O. The third-order valence-corrected chi connectivity index (χ3v) is 3.76. The summed E-state index contributed by atoms with van der Waals surface area (Å²) in [7, 11) is 0. The van der Waals surface area contributed by atoms with Crippen molar-refractivity contribution in [1.29, 1.82) is 0 Å². The van der Waals surface area contributed by atoms with E-state index in [1.165, 1.54) is 0 Å². The highest BCUT2D eigenvalue weighted by Crippen LogP contribution is 2.35. The largest absolute Gasteiger partial charge is 0.368 e. The third-order valence-electron chi connectivity index (χ3n) is 2.98. The SMILES string of the molecule is CCOC(C)(C)c1nc(Cl)c(-c2cccc(Cl)c2)c(Cl)n1. The van der Waals surface area contributed by atoms with Gasteiger partial charge in [0.1, 0.15) is 15.9 Å². The predicted molar refractivity (Wildman–Crippen MR) is 87.2 cm³/mol. The number of halogens is 3. The van der Waals surface area contributed by atoms with E-state index in [-0.39, 0.29) is 10.3 Å². The van der Waals surface area contributed by atoms with E-state index in [4.69, 9.17) is 39.5 Å². The second kappa shape index (κ2) is 6.49. The number of aromatic nitrogens is 2. The first-order valence-electron chi connectivity index (χ1n) is 6.48. The maximum absolute atomic E-state index is 6.29. The van der Waals surface area contributed by atoms with Gasteiger partial charge in [-0.25, -0.2) is 9.97 Å². The van der Waals surface area contributed by atoms with Crippen LogP contribution in [0, 0.1) is 0 Å². The first-order chi connectivity index (χ1) is 9.85. The first-order valence-corrected chi connectivity index (χ1v) is 7.62. The first kappa shape index (κ1) is 16.5. The normalized spacial score (nSPS) is 11.7. The van der Waals surface area contributed by atoms with Gasteiger partial charge < -0.3 is 4.74 Å². The number of hydrogen-bond acceptors (Lipinski definition) is 3. The van der Waals surface area contributed by atoms with Gasteiger partial charge in [0.2, 0.25) is 0 Å².